The van der Waals surface area contributed by atoms with Crippen LogP contribution in [0.25, 0.3) is 0 Å². The van der Waals surface area contributed by atoms with Gasteiger partial charge in [0.15, 0.2) is 5.75 Å². The number of aromatic nitrogens is 3. The molecule has 1 unspecified atom stereocenters. The van der Waals surface area contributed by atoms with Gasteiger partial charge in [0, 0.05) is 23.5 Å². The van der Waals surface area contributed by atoms with Gasteiger partial charge < -0.3 is 14.8 Å². The van der Waals surface area contributed by atoms with Gasteiger partial charge in [-0.15, -0.1) is 0 Å². The third kappa shape index (κ3) is 5.07. The van der Waals surface area contributed by atoms with Crippen LogP contribution in [0.2, 0.25) is 0 Å². The summed E-state index contributed by atoms with van der Waals surface area (Å²) in [6, 6.07) is 1.52. The maximum Gasteiger partial charge on any atom is 0.229 e. The summed E-state index contributed by atoms with van der Waals surface area (Å²) >= 11 is 6.32. The lowest BCUT2D eigenvalue weighted by molar-refractivity contribution is -0.118. The molecular formula is C24H26ClFN4O3. The predicted octanol–water partition coefficient (Wildman–Crippen LogP) is 4.50. The number of rotatable bonds is 8. The Bertz CT molecular complexity index is 1120. The highest BCUT2D eigenvalue weighted by Crippen LogP contribution is 2.61. The Morgan fingerprint density at radius 3 is 2.88 bits per heavy atom. The van der Waals surface area contributed by atoms with Crippen molar-refractivity contribution in [3.8, 4) is 5.75 Å². The summed E-state index contributed by atoms with van der Waals surface area (Å²) in [7, 11) is 1.59. The van der Waals surface area contributed by atoms with Gasteiger partial charge in [-0.2, -0.15) is 0 Å². The molecule has 7 nitrogen and oxygen atoms in total. The molecule has 3 atom stereocenters. The van der Waals surface area contributed by atoms with Crippen molar-refractivity contribution in [2.75, 3.05) is 19.0 Å². The summed E-state index contributed by atoms with van der Waals surface area (Å²) in [5.41, 5.74) is 0.631. The van der Waals surface area contributed by atoms with Crippen LogP contribution in [-0.4, -0.2) is 34.6 Å². The highest BCUT2D eigenvalue weighted by molar-refractivity contribution is 6.29. The molecule has 1 amide bonds. The molecule has 2 aliphatic rings. The number of nitrogens with one attached hydrogen (secondary N) is 1. The molecular weight excluding hydrogens is 447 g/mol. The average molecular weight is 473 g/mol. The largest absolute Gasteiger partial charge is 0.489 e. The Kier molecular flexibility index (Phi) is 6.76. The van der Waals surface area contributed by atoms with Crippen LogP contribution in [-0.2, 0) is 16.1 Å². The number of carbonyl (C=O) groups excluding carboxylic acids is 1. The van der Waals surface area contributed by atoms with Crippen molar-refractivity contribution in [1.29, 1.82) is 0 Å². The van der Waals surface area contributed by atoms with Gasteiger partial charge in [-0.3, -0.25) is 4.79 Å². The van der Waals surface area contributed by atoms with Gasteiger partial charge >= 0.3 is 0 Å². The first-order valence-corrected chi connectivity index (χ1v) is 11.1. The lowest BCUT2D eigenvalue weighted by atomic mass is 9.82. The predicted molar refractivity (Wildman–Crippen MR) is 122 cm³/mol. The lowest BCUT2D eigenvalue weighted by Crippen LogP contribution is -2.30. The van der Waals surface area contributed by atoms with E-state index in [1.54, 1.807) is 27.2 Å². The number of amides is 1. The van der Waals surface area contributed by atoms with Crippen molar-refractivity contribution in [2.24, 2.45) is 17.3 Å². The Morgan fingerprint density at radius 1 is 1.33 bits per heavy atom. The van der Waals surface area contributed by atoms with Gasteiger partial charge in [0.05, 0.1) is 25.6 Å². The molecule has 0 spiro atoms. The summed E-state index contributed by atoms with van der Waals surface area (Å²) < 4.78 is 25.0. The minimum atomic E-state index is -0.445. The van der Waals surface area contributed by atoms with E-state index >= 15 is 0 Å². The number of hydrogen-bond acceptors (Lipinski definition) is 6. The Morgan fingerprint density at radius 2 is 2.15 bits per heavy atom. The van der Waals surface area contributed by atoms with E-state index < -0.39 is 11.2 Å². The number of anilines is 1. The van der Waals surface area contributed by atoms with E-state index in [-0.39, 0.29) is 17.7 Å². The van der Waals surface area contributed by atoms with Gasteiger partial charge in [0.2, 0.25) is 5.91 Å². The number of methoxy groups -OCH3 is 1. The van der Waals surface area contributed by atoms with Crippen molar-refractivity contribution in [2.45, 2.75) is 33.3 Å². The summed E-state index contributed by atoms with van der Waals surface area (Å²) in [5.74, 6) is 0.626. The fourth-order valence-electron chi connectivity index (χ4n) is 4.29. The van der Waals surface area contributed by atoms with Crippen LogP contribution in [0.3, 0.4) is 0 Å². The quantitative estimate of drug-likeness (QED) is 0.609. The normalized spacial score (nSPS) is 23.7. The molecule has 0 aromatic carbocycles. The van der Waals surface area contributed by atoms with E-state index in [4.69, 9.17) is 21.1 Å². The van der Waals surface area contributed by atoms with Crippen LogP contribution in [0, 0.1) is 36.9 Å². The first-order chi connectivity index (χ1) is 15.8. The van der Waals surface area contributed by atoms with E-state index in [0.29, 0.717) is 54.7 Å². The van der Waals surface area contributed by atoms with Gasteiger partial charge in [-0.1, -0.05) is 23.8 Å². The van der Waals surface area contributed by atoms with Crippen LogP contribution in [0.15, 0.2) is 41.7 Å². The summed E-state index contributed by atoms with van der Waals surface area (Å²) in [6.45, 7) is 4.02. The van der Waals surface area contributed by atoms with E-state index in [1.807, 2.05) is 12.2 Å². The monoisotopic (exact) mass is 472 g/mol. The first-order valence-electron chi connectivity index (χ1n) is 10.7. The third-order valence-electron chi connectivity index (χ3n) is 6.23. The van der Waals surface area contributed by atoms with Crippen LogP contribution >= 0.6 is 11.6 Å². The molecule has 1 N–H and O–H groups in total. The average Bonchev–Trinajstić information content (AvgIpc) is 3.52. The van der Waals surface area contributed by atoms with Crippen molar-refractivity contribution in [3.05, 3.63) is 64.6 Å². The van der Waals surface area contributed by atoms with Crippen LogP contribution < -0.4 is 10.1 Å². The molecule has 174 valence electrons. The van der Waals surface area contributed by atoms with E-state index in [2.05, 4.69) is 26.3 Å². The van der Waals surface area contributed by atoms with Crippen LogP contribution in [0.5, 0.6) is 5.75 Å². The number of allylic oxidation sites excluding steroid dienone is 4. The van der Waals surface area contributed by atoms with Crippen molar-refractivity contribution in [3.63, 3.8) is 0 Å². The maximum atomic E-state index is 13.5. The molecule has 0 radical (unpaired) electrons. The third-order valence-corrected chi connectivity index (χ3v) is 6.51. The number of halogens is 2. The molecule has 0 saturated heterocycles. The van der Waals surface area contributed by atoms with Crippen molar-refractivity contribution >= 4 is 23.3 Å². The Labute approximate surface area is 197 Å². The molecule has 2 heterocycles. The number of hydrogen-bond donors (Lipinski definition) is 1. The van der Waals surface area contributed by atoms with Crippen molar-refractivity contribution in [1.82, 2.24) is 15.0 Å². The topological polar surface area (TPSA) is 86.2 Å². The molecule has 4 rings (SSSR count). The summed E-state index contributed by atoms with van der Waals surface area (Å²) in [5, 5.41) is 3.56. The molecule has 1 saturated carbocycles. The zero-order chi connectivity index (χ0) is 23.6. The number of aryl methyl sites for hydroxylation is 2. The summed E-state index contributed by atoms with van der Waals surface area (Å²) in [4.78, 5) is 25.8. The van der Waals surface area contributed by atoms with E-state index in [9.17, 15) is 9.18 Å². The highest BCUT2D eigenvalue weighted by Gasteiger charge is 2.62. The molecule has 0 aliphatic heterocycles. The number of ether oxygens (including phenoxy) is 2. The van der Waals surface area contributed by atoms with Gasteiger partial charge in [0.25, 0.3) is 0 Å². The van der Waals surface area contributed by atoms with Crippen molar-refractivity contribution < 1.29 is 18.7 Å². The zero-order valence-electron chi connectivity index (χ0n) is 18.8. The van der Waals surface area contributed by atoms with Crippen LogP contribution in [0.4, 0.5) is 10.2 Å². The highest BCUT2D eigenvalue weighted by atomic mass is 35.5. The summed E-state index contributed by atoms with van der Waals surface area (Å²) in [6.07, 6.45) is 9.86. The molecule has 33 heavy (non-hydrogen) atoms. The SMILES string of the molecule is COCc1nc(C)ncc1OC[C@@]1(C2C=CC=C(Cl)C2)C[C@H]1C(=O)Nc1cc(C)c(F)cn1. The van der Waals surface area contributed by atoms with E-state index in [1.165, 1.54) is 6.07 Å². The lowest BCUT2D eigenvalue weighted by Gasteiger charge is -2.27. The second kappa shape index (κ2) is 9.57. The number of carbonyl (C=O) groups is 1. The van der Waals surface area contributed by atoms with Gasteiger partial charge in [-0.05, 0) is 50.3 Å². The molecule has 2 aliphatic carbocycles. The second-order valence-corrected chi connectivity index (χ2v) is 9.04. The fraction of sp³-hybridized carbons (Fsp3) is 0.417. The zero-order valence-corrected chi connectivity index (χ0v) is 19.5. The molecule has 0 bridgehead atoms. The Hall–Kier alpha value is -2.84. The minimum absolute atomic E-state index is 0.0332. The Balaban J connectivity index is 1.54. The van der Waals surface area contributed by atoms with Crippen LogP contribution in [0.1, 0.15) is 29.9 Å². The molecule has 2 aromatic heterocycles. The first kappa shape index (κ1) is 23.3. The maximum absolute atomic E-state index is 13.5. The van der Waals surface area contributed by atoms with Gasteiger partial charge in [0.1, 0.15) is 23.2 Å². The second-order valence-electron chi connectivity index (χ2n) is 8.56. The fourth-order valence-corrected chi connectivity index (χ4v) is 4.53. The van der Waals surface area contributed by atoms with Gasteiger partial charge in [-0.25, -0.2) is 19.3 Å². The van der Waals surface area contributed by atoms with E-state index in [0.717, 1.165) is 11.2 Å². The standard InChI is InChI=1S/C24H26ClFN4O3/c1-14-7-22(28-10-19(14)26)30-23(31)18-9-24(18,16-5-4-6-17(25)8-16)13-33-21-11-27-15(2)29-20(21)12-32-3/h4-7,10-11,16,18H,8-9,12-13H2,1-3H3,(H,28,30,31)/t16?,18-,24+/m0/s1. The molecule has 2 aromatic rings. The number of nitrogens with zero attached hydrogens (tertiary/aromatic N) is 3. The molecule has 9 heteroatoms. The molecule has 1 fully saturated rings. The number of pyridine rings is 1. The smallest absolute Gasteiger partial charge is 0.229 e. The minimum Gasteiger partial charge on any atom is -0.489 e.